The molecule has 5 rings (SSSR count). The highest BCUT2D eigenvalue weighted by molar-refractivity contribution is 6.03. The Kier molecular flexibility index (Phi) is 5.01. The number of hydrogen-bond acceptors (Lipinski definition) is 4. The highest BCUT2D eigenvalue weighted by atomic mass is 19.1. The number of fused-ring (bicyclic) bond motifs is 1. The van der Waals surface area contributed by atoms with Gasteiger partial charge in [-0.3, -0.25) is 4.79 Å². The lowest BCUT2D eigenvalue weighted by Crippen LogP contribution is -2.13. The monoisotopic (exact) mass is 431 g/mol. The highest BCUT2D eigenvalue weighted by Gasteiger charge is 2.36. The molecule has 0 saturated heterocycles. The molecule has 1 atom stereocenters. The van der Waals surface area contributed by atoms with Gasteiger partial charge in [-0.1, -0.05) is 30.3 Å². The molecule has 0 saturated carbocycles. The molecule has 7 heteroatoms. The molecule has 160 valence electrons. The first-order chi connectivity index (χ1) is 15.5. The molecule has 2 heterocycles. The number of Topliss-reactive ketones (excluding diaryl/α,β-unsaturated/α-hetero) is 1. The molecule has 1 unspecified atom stereocenters. The molecule has 0 bridgehead atoms. The van der Waals surface area contributed by atoms with Gasteiger partial charge >= 0.3 is 0 Å². The van der Waals surface area contributed by atoms with Gasteiger partial charge in [-0.2, -0.15) is 0 Å². The van der Waals surface area contributed by atoms with Crippen molar-refractivity contribution in [3.63, 3.8) is 0 Å². The lowest BCUT2D eigenvalue weighted by molar-refractivity contribution is 0.0933. The first kappa shape index (κ1) is 20.1. The number of carbonyl (C=O) groups excluding carboxylic acids is 1. The van der Waals surface area contributed by atoms with Crippen molar-refractivity contribution >= 4 is 5.78 Å². The van der Waals surface area contributed by atoms with E-state index in [-0.39, 0.29) is 23.1 Å². The number of ether oxygens (including phenoxy) is 1. The molecule has 1 aliphatic carbocycles. The van der Waals surface area contributed by atoms with Crippen LogP contribution in [0.15, 0.2) is 67.3 Å². The average Bonchev–Trinajstić information content (AvgIpc) is 3.35. The number of rotatable bonds is 5. The second kappa shape index (κ2) is 8.00. The van der Waals surface area contributed by atoms with Crippen molar-refractivity contribution in [3.05, 3.63) is 95.7 Å². The quantitative estimate of drug-likeness (QED) is 0.439. The van der Waals surface area contributed by atoms with E-state index in [9.17, 15) is 13.6 Å². The van der Waals surface area contributed by atoms with Gasteiger partial charge in [0.2, 0.25) is 11.6 Å². The zero-order chi connectivity index (χ0) is 22.2. The molecule has 32 heavy (non-hydrogen) atoms. The van der Waals surface area contributed by atoms with Crippen molar-refractivity contribution in [2.75, 3.05) is 0 Å². The molecule has 0 aliphatic heterocycles. The zero-order valence-electron chi connectivity index (χ0n) is 17.3. The Morgan fingerprint density at radius 3 is 2.47 bits per heavy atom. The number of nitrogens with zero attached hydrogens (tertiary/aromatic N) is 3. The summed E-state index contributed by atoms with van der Waals surface area (Å²) in [5.74, 6) is -2.95. The van der Waals surface area contributed by atoms with Crippen LogP contribution < -0.4 is 4.74 Å². The molecule has 0 fully saturated rings. The number of ketones is 1. The Bertz CT molecular complexity index is 1300. The van der Waals surface area contributed by atoms with Crippen LogP contribution in [0.1, 0.15) is 21.6 Å². The van der Waals surface area contributed by atoms with Gasteiger partial charge in [-0.25, -0.2) is 18.7 Å². The molecule has 4 aromatic rings. The fourth-order valence-electron chi connectivity index (χ4n) is 4.05. The van der Waals surface area contributed by atoms with Crippen LogP contribution in [0.25, 0.3) is 11.1 Å². The van der Waals surface area contributed by atoms with Crippen LogP contribution in [0.5, 0.6) is 11.6 Å². The van der Waals surface area contributed by atoms with E-state index in [1.54, 1.807) is 0 Å². The predicted octanol–water partition coefficient (Wildman–Crippen LogP) is 5.15. The van der Waals surface area contributed by atoms with Crippen LogP contribution in [0, 0.1) is 17.6 Å². The summed E-state index contributed by atoms with van der Waals surface area (Å²) in [5, 5.41) is 0. The molecule has 0 amide bonds. The lowest BCUT2D eigenvalue weighted by Gasteiger charge is -2.10. The summed E-state index contributed by atoms with van der Waals surface area (Å²) < 4.78 is 35.4. The number of aromatic nitrogens is 3. The smallest absolute Gasteiger partial charge is 0.233 e. The van der Waals surface area contributed by atoms with Crippen LogP contribution >= 0.6 is 0 Å². The first-order valence-electron chi connectivity index (χ1n) is 10.2. The number of para-hydroxylation sites is 1. The SMILES string of the molecule is Cn1ccc(-c2ccc(CC3Cc4ncnc(Oc5c(F)cccc5F)c4C3=O)cc2)c1. The molecular formula is C25H19F2N3O2. The minimum absolute atomic E-state index is 0.120. The van der Waals surface area contributed by atoms with E-state index < -0.39 is 17.4 Å². The van der Waals surface area contributed by atoms with Gasteiger partial charge in [0.25, 0.3) is 0 Å². The maximum atomic E-state index is 14.0. The van der Waals surface area contributed by atoms with Gasteiger partial charge in [-0.05, 0) is 41.3 Å². The van der Waals surface area contributed by atoms with E-state index in [4.69, 9.17) is 4.74 Å². The van der Waals surface area contributed by atoms with Gasteiger partial charge < -0.3 is 9.30 Å². The van der Waals surface area contributed by atoms with E-state index in [1.807, 2.05) is 54.3 Å². The number of halogens is 2. The number of hydrogen-bond donors (Lipinski definition) is 0. The van der Waals surface area contributed by atoms with Gasteiger partial charge in [0.15, 0.2) is 17.4 Å². The zero-order valence-corrected chi connectivity index (χ0v) is 17.3. The molecule has 0 N–H and O–H groups in total. The topological polar surface area (TPSA) is 57.0 Å². The third-order valence-corrected chi connectivity index (χ3v) is 5.67. The molecule has 5 nitrogen and oxygen atoms in total. The summed E-state index contributed by atoms with van der Waals surface area (Å²) >= 11 is 0. The Morgan fingerprint density at radius 1 is 1.03 bits per heavy atom. The van der Waals surface area contributed by atoms with Crippen molar-refractivity contribution in [1.82, 2.24) is 14.5 Å². The van der Waals surface area contributed by atoms with Crippen molar-refractivity contribution < 1.29 is 18.3 Å². The molecule has 0 spiro atoms. The van der Waals surface area contributed by atoms with Gasteiger partial charge in [0, 0.05) is 31.8 Å². The Balaban J connectivity index is 1.36. The second-order valence-corrected chi connectivity index (χ2v) is 7.89. The third-order valence-electron chi connectivity index (χ3n) is 5.67. The van der Waals surface area contributed by atoms with Crippen LogP contribution in [0.3, 0.4) is 0 Å². The average molecular weight is 431 g/mol. The Labute approximate surface area is 183 Å². The maximum Gasteiger partial charge on any atom is 0.233 e. The standard InChI is InChI=1S/C25H19F2N3O2/c1-30-10-9-17(13-30)16-7-5-15(6-8-16)11-18-12-21-22(23(18)31)25(29-14-28-21)32-24-19(26)3-2-4-20(24)27/h2-10,13-14,18H,11-12H2,1H3. The Morgan fingerprint density at radius 2 is 1.78 bits per heavy atom. The highest BCUT2D eigenvalue weighted by Crippen LogP contribution is 2.36. The number of aryl methyl sites for hydroxylation is 1. The summed E-state index contributed by atoms with van der Waals surface area (Å²) in [6.45, 7) is 0. The molecule has 0 radical (unpaired) electrons. The fourth-order valence-corrected chi connectivity index (χ4v) is 4.05. The minimum atomic E-state index is -0.863. The predicted molar refractivity (Wildman–Crippen MR) is 115 cm³/mol. The largest absolute Gasteiger partial charge is 0.432 e. The van der Waals surface area contributed by atoms with Crippen LogP contribution in [-0.2, 0) is 19.9 Å². The first-order valence-corrected chi connectivity index (χ1v) is 10.2. The van der Waals surface area contributed by atoms with Crippen LogP contribution in [0.4, 0.5) is 8.78 Å². The third kappa shape index (κ3) is 3.66. The van der Waals surface area contributed by atoms with Crippen molar-refractivity contribution in [1.29, 1.82) is 0 Å². The minimum Gasteiger partial charge on any atom is -0.432 e. The lowest BCUT2D eigenvalue weighted by atomic mass is 9.95. The summed E-state index contributed by atoms with van der Waals surface area (Å²) in [4.78, 5) is 21.3. The summed E-state index contributed by atoms with van der Waals surface area (Å²) in [5.41, 5.74) is 3.97. The van der Waals surface area contributed by atoms with Gasteiger partial charge in [0.1, 0.15) is 11.9 Å². The molecular weight excluding hydrogens is 412 g/mol. The maximum absolute atomic E-state index is 14.0. The summed E-state index contributed by atoms with van der Waals surface area (Å²) in [6.07, 6.45) is 6.23. The molecule has 1 aliphatic rings. The van der Waals surface area contributed by atoms with Crippen molar-refractivity contribution in [2.24, 2.45) is 13.0 Å². The fraction of sp³-hybridized carbons (Fsp3) is 0.160. The van der Waals surface area contributed by atoms with Crippen molar-refractivity contribution in [3.8, 4) is 22.8 Å². The second-order valence-electron chi connectivity index (χ2n) is 7.89. The molecule has 2 aromatic heterocycles. The Hall–Kier alpha value is -3.87. The molecule has 2 aromatic carbocycles. The number of carbonyl (C=O) groups is 1. The summed E-state index contributed by atoms with van der Waals surface area (Å²) in [6, 6.07) is 13.6. The van der Waals surface area contributed by atoms with E-state index in [2.05, 4.69) is 9.97 Å². The van der Waals surface area contributed by atoms with Crippen molar-refractivity contribution in [2.45, 2.75) is 12.8 Å². The normalized spacial score (nSPS) is 15.1. The van der Waals surface area contributed by atoms with E-state index in [1.165, 1.54) is 12.4 Å². The van der Waals surface area contributed by atoms with Gasteiger partial charge in [-0.15, -0.1) is 0 Å². The number of benzene rings is 2. The summed E-state index contributed by atoms with van der Waals surface area (Å²) in [7, 11) is 1.97. The van der Waals surface area contributed by atoms with E-state index in [0.29, 0.717) is 18.5 Å². The van der Waals surface area contributed by atoms with Gasteiger partial charge in [0.05, 0.1) is 5.69 Å². The van der Waals surface area contributed by atoms with Crippen LogP contribution in [0.2, 0.25) is 0 Å². The van der Waals surface area contributed by atoms with E-state index >= 15 is 0 Å². The van der Waals surface area contributed by atoms with Crippen LogP contribution in [-0.4, -0.2) is 20.3 Å². The van der Waals surface area contributed by atoms with E-state index in [0.717, 1.165) is 28.8 Å².